The van der Waals surface area contributed by atoms with Gasteiger partial charge in [-0.05, 0) is 45.2 Å². The van der Waals surface area contributed by atoms with Crippen molar-refractivity contribution in [3.05, 3.63) is 34.9 Å². The lowest BCUT2D eigenvalue weighted by molar-refractivity contribution is 0.300. The van der Waals surface area contributed by atoms with Crippen LogP contribution in [0.2, 0.25) is 0 Å². The van der Waals surface area contributed by atoms with Crippen molar-refractivity contribution in [1.29, 1.82) is 0 Å². The van der Waals surface area contributed by atoms with E-state index in [4.69, 9.17) is 5.73 Å². The molecule has 2 heteroatoms. The average Bonchev–Trinajstić information content (AvgIpc) is 2.99. The lowest BCUT2D eigenvalue weighted by Gasteiger charge is -2.22. The largest absolute Gasteiger partial charge is 0.323 e. The van der Waals surface area contributed by atoms with Gasteiger partial charge in [-0.3, -0.25) is 0 Å². The van der Waals surface area contributed by atoms with Gasteiger partial charge in [0.2, 0.25) is 0 Å². The summed E-state index contributed by atoms with van der Waals surface area (Å²) >= 11 is 0. The Morgan fingerprint density at radius 2 is 1.82 bits per heavy atom. The summed E-state index contributed by atoms with van der Waals surface area (Å²) in [5.41, 5.74) is 10.2. The first-order valence-corrected chi connectivity index (χ1v) is 6.57. The fourth-order valence-electron chi connectivity index (χ4n) is 2.48. The fourth-order valence-corrected chi connectivity index (χ4v) is 2.48. The molecule has 1 aromatic rings. The normalized spacial score (nSPS) is 17.5. The van der Waals surface area contributed by atoms with Crippen LogP contribution in [0.15, 0.2) is 18.2 Å². The van der Waals surface area contributed by atoms with Gasteiger partial charge in [-0.15, -0.1) is 0 Å². The van der Waals surface area contributed by atoms with Crippen LogP contribution in [0.1, 0.15) is 35.6 Å². The van der Waals surface area contributed by atoms with E-state index < -0.39 is 0 Å². The van der Waals surface area contributed by atoms with Gasteiger partial charge >= 0.3 is 0 Å². The molecule has 0 radical (unpaired) electrons. The third kappa shape index (κ3) is 3.83. The van der Waals surface area contributed by atoms with Crippen LogP contribution in [0.4, 0.5) is 0 Å². The SMILES string of the molecule is Cc1cc(C)cc(C(N)CN(C)CC2CC2)c1. The molecule has 1 unspecified atom stereocenters. The van der Waals surface area contributed by atoms with E-state index in [1.165, 1.54) is 36.1 Å². The average molecular weight is 232 g/mol. The summed E-state index contributed by atoms with van der Waals surface area (Å²) in [7, 11) is 2.18. The molecule has 0 amide bonds. The van der Waals surface area contributed by atoms with Gasteiger partial charge < -0.3 is 10.6 Å². The molecular formula is C15H24N2. The molecule has 0 heterocycles. The molecule has 0 spiro atoms. The maximum atomic E-state index is 6.29. The molecule has 1 saturated carbocycles. The van der Waals surface area contributed by atoms with Crippen molar-refractivity contribution in [2.45, 2.75) is 32.7 Å². The Bertz CT molecular complexity index is 362. The summed E-state index contributed by atoms with van der Waals surface area (Å²) in [6, 6.07) is 6.76. The number of hydrogen-bond donors (Lipinski definition) is 1. The van der Waals surface area contributed by atoms with Crippen LogP contribution in [-0.2, 0) is 0 Å². The molecule has 2 N–H and O–H groups in total. The van der Waals surface area contributed by atoms with Crippen molar-refractivity contribution in [3.8, 4) is 0 Å². The molecule has 1 fully saturated rings. The van der Waals surface area contributed by atoms with E-state index in [0.29, 0.717) is 0 Å². The van der Waals surface area contributed by atoms with Crippen molar-refractivity contribution < 1.29 is 0 Å². The van der Waals surface area contributed by atoms with E-state index in [2.05, 4.69) is 44.0 Å². The van der Waals surface area contributed by atoms with E-state index in [1.54, 1.807) is 0 Å². The zero-order valence-electron chi connectivity index (χ0n) is 11.2. The zero-order valence-corrected chi connectivity index (χ0v) is 11.2. The van der Waals surface area contributed by atoms with E-state index in [9.17, 15) is 0 Å². The van der Waals surface area contributed by atoms with Crippen molar-refractivity contribution in [2.24, 2.45) is 11.7 Å². The van der Waals surface area contributed by atoms with E-state index >= 15 is 0 Å². The van der Waals surface area contributed by atoms with Crippen LogP contribution >= 0.6 is 0 Å². The van der Waals surface area contributed by atoms with Gasteiger partial charge in [-0.1, -0.05) is 29.3 Å². The molecule has 94 valence electrons. The second kappa shape index (κ2) is 5.19. The Balaban J connectivity index is 1.95. The molecule has 1 atom stereocenters. The number of hydrogen-bond acceptors (Lipinski definition) is 2. The minimum Gasteiger partial charge on any atom is -0.323 e. The maximum Gasteiger partial charge on any atom is 0.0424 e. The van der Waals surface area contributed by atoms with Gasteiger partial charge in [-0.2, -0.15) is 0 Å². The fraction of sp³-hybridized carbons (Fsp3) is 0.600. The molecule has 0 bridgehead atoms. The highest BCUT2D eigenvalue weighted by Gasteiger charge is 2.23. The highest BCUT2D eigenvalue weighted by atomic mass is 15.1. The van der Waals surface area contributed by atoms with Gasteiger partial charge in [0.05, 0.1) is 0 Å². The van der Waals surface area contributed by atoms with Crippen LogP contribution in [0.3, 0.4) is 0 Å². The monoisotopic (exact) mass is 232 g/mol. The van der Waals surface area contributed by atoms with Gasteiger partial charge in [0.15, 0.2) is 0 Å². The molecule has 17 heavy (non-hydrogen) atoms. The minimum absolute atomic E-state index is 0.136. The van der Waals surface area contributed by atoms with Crippen molar-refractivity contribution >= 4 is 0 Å². The van der Waals surface area contributed by atoms with Crippen molar-refractivity contribution in [2.75, 3.05) is 20.1 Å². The smallest absolute Gasteiger partial charge is 0.0424 e. The Morgan fingerprint density at radius 3 is 2.35 bits per heavy atom. The zero-order chi connectivity index (χ0) is 12.4. The second-order valence-electron chi connectivity index (χ2n) is 5.69. The Hall–Kier alpha value is -0.860. The number of nitrogens with two attached hydrogens (primary N) is 1. The molecule has 1 aliphatic carbocycles. The first-order valence-electron chi connectivity index (χ1n) is 6.57. The number of benzene rings is 1. The third-order valence-corrected chi connectivity index (χ3v) is 3.45. The first-order chi connectivity index (χ1) is 8.04. The summed E-state index contributed by atoms with van der Waals surface area (Å²) in [4.78, 5) is 2.38. The molecule has 1 aromatic carbocycles. The van der Waals surface area contributed by atoms with Crippen LogP contribution in [0, 0.1) is 19.8 Å². The summed E-state index contributed by atoms with van der Waals surface area (Å²) in [6.45, 7) is 6.44. The number of rotatable bonds is 5. The standard InChI is InChI=1S/C15H24N2/c1-11-6-12(2)8-14(7-11)15(16)10-17(3)9-13-4-5-13/h6-8,13,15H,4-5,9-10,16H2,1-3H3. The molecule has 0 aromatic heterocycles. The van der Waals surface area contributed by atoms with E-state index in [-0.39, 0.29) is 6.04 Å². The third-order valence-electron chi connectivity index (χ3n) is 3.45. The van der Waals surface area contributed by atoms with E-state index in [0.717, 1.165) is 12.5 Å². The number of likely N-dealkylation sites (N-methyl/N-ethyl adjacent to an activating group) is 1. The topological polar surface area (TPSA) is 29.3 Å². The highest BCUT2D eigenvalue weighted by molar-refractivity contribution is 5.30. The van der Waals surface area contributed by atoms with Gasteiger partial charge in [0.25, 0.3) is 0 Å². The van der Waals surface area contributed by atoms with Crippen LogP contribution in [0.25, 0.3) is 0 Å². The quantitative estimate of drug-likeness (QED) is 0.845. The molecule has 0 aliphatic heterocycles. The summed E-state index contributed by atoms with van der Waals surface area (Å²) in [5.74, 6) is 0.937. The molecule has 2 rings (SSSR count). The Morgan fingerprint density at radius 1 is 1.24 bits per heavy atom. The minimum atomic E-state index is 0.136. The maximum absolute atomic E-state index is 6.29. The lowest BCUT2D eigenvalue weighted by atomic mass is 10.0. The lowest BCUT2D eigenvalue weighted by Crippen LogP contribution is -2.30. The molecule has 0 saturated heterocycles. The second-order valence-corrected chi connectivity index (χ2v) is 5.69. The number of aryl methyl sites for hydroxylation is 2. The van der Waals surface area contributed by atoms with Crippen LogP contribution in [0.5, 0.6) is 0 Å². The molecule has 1 aliphatic rings. The summed E-state index contributed by atoms with van der Waals surface area (Å²) < 4.78 is 0. The van der Waals surface area contributed by atoms with Crippen molar-refractivity contribution in [3.63, 3.8) is 0 Å². The van der Waals surface area contributed by atoms with Gasteiger partial charge in [0.1, 0.15) is 0 Å². The van der Waals surface area contributed by atoms with Crippen LogP contribution < -0.4 is 5.73 Å². The highest BCUT2D eigenvalue weighted by Crippen LogP contribution is 2.29. The first kappa shape index (κ1) is 12.6. The summed E-state index contributed by atoms with van der Waals surface area (Å²) in [5, 5.41) is 0. The number of nitrogens with zero attached hydrogens (tertiary/aromatic N) is 1. The van der Waals surface area contributed by atoms with Gasteiger partial charge in [0, 0.05) is 19.1 Å². The summed E-state index contributed by atoms with van der Waals surface area (Å²) in [6.07, 6.45) is 2.81. The molecule has 2 nitrogen and oxygen atoms in total. The predicted molar refractivity (Wildman–Crippen MR) is 73.1 cm³/mol. The Labute approximate surface area is 105 Å². The Kier molecular flexibility index (Phi) is 3.85. The van der Waals surface area contributed by atoms with Crippen LogP contribution in [-0.4, -0.2) is 25.0 Å². The van der Waals surface area contributed by atoms with Gasteiger partial charge in [-0.25, -0.2) is 0 Å². The van der Waals surface area contributed by atoms with E-state index in [1.807, 2.05) is 0 Å². The molecular weight excluding hydrogens is 208 g/mol. The predicted octanol–water partition coefficient (Wildman–Crippen LogP) is 2.65. The van der Waals surface area contributed by atoms with Crippen molar-refractivity contribution in [1.82, 2.24) is 4.90 Å².